The average Bonchev–Trinajstić information content (AvgIpc) is 3.14. The number of carbonyl (C=O) groups is 1. The minimum absolute atomic E-state index is 0.00376. The van der Waals surface area contributed by atoms with Crippen LogP contribution in [0, 0.1) is 6.92 Å². The Morgan fingerprint density at radius 3 is 2.65 bits per heavy atom. The van der Waals surface area contributed by atoms with Gasteiger partial charge in [0.15, 0.2) is 5.15 Å². The standard InChI is InChI=1S/C21H24ClN5O3S/c1-4-26(19-15-27(24-21(19)22)17-8-6-11-23-14-17)20(28)10-12-25(3)31(29,30)18-9-5-7-16(2)13-18/h5-9,11,13-15H,4,10,12H2,1-3H3. The van der Waals surface area contributed by atoms with E-state index in [1.54, 1.807) is 47.5 Å². The fourth-order valence-corrected chi connectivity index (χ4v) is 4.60. The second-order valence-electron chi connectivity index (χ2n) is 6.99. The second kappa shape index (κ2) is 9.59. The van der Waals surface area contributed by atoms with Crippen LogP contribution < -0.4 is 4.90 Å². The number of nitrogens with zero attached hydrogens (tertiary/aromatic N) is 5. The third-order valence-electron chi connectivity index (χ3n) is 4.81. The first-order chi connectivity index (χ1) is 14.7. The largest absolute Gasteiger partial charge is 0.308 e. The van der Waals surface area contributed by atoms with Crippen molar-refractivity contribution < 1.29 is 13.2 Å². The van der Waals surface area contributed by atoms with Crippen LogP contribution in [0.1, 0.15) is 18.9 Å². The van der Waals surface area contributed by atoms with Crippen LogP contribution >= 0.6 is 11.6 Å². The highest BCUT2D eigenvalue weighted by atomic mass is 35.5. The van der Waals surface area contributed by atoms with E-state index in [2.05, 4.69) is 10.1 Å². The number of halogens is 1. The molecular formula is C21H24ClN5O3S. The lowest BCUT2D eigenvalue weighted by molar-refractivity contribution is -0.118. The van der Waals surface area contributed by atoms with E-state index >= 15 is 0 Å². The highest BCUT2D eigenvalue weighted by Crippen LogP contribution is 2.26. The van der Waals surface area contributed by atoms with E-state index in [0.29, 0.717) is 17.9 Å². The molecule has 10 heteroatoms. The van der Waals surface area contributed by atoms with E-state index in [0.717, 1.165) is 5.56 Å². The summed E-state index contributed by atoms with van der Waals surface area (Å²) in [7, 11) is -2.21. The molecule has 0 aliphatic carbocycles. The summed E-state index contributed by atoms with van der Waals surface area (Å²) in [4.78, 5) is 18.6. The van der Waals surface area contributed by atoms with Crippen LogP contribution in [0.3, 0.4) is 0 Å². The van der Waals surface area contributed by atoms with Gasteiger partial charge >= 0.3 is 0 Å². The molecule has 1 amide bonds. The van der Waals surface area contributed by atoms with Crippen molar-refractivity contribution in [1.82, 2.24) is 19.1 Å². The van der Waals surface area contributed by atoms with Gasteiger partial charge in [-0.3, -0.25) is 9.78 Å². The normalized spacial score (nSPS) is 11.6. The molecule has 8 nitrogen and oxygen atoms in total. The molecule has 1 aromatic carbocycles. The highest BCUT2D eigenvalue weighted by Gasteiger charge is 2.24. The maximum Gasteiger partial charge on any atom is 0.242 e. The molecule has 0 aliphatic rings. The summed E-state index contributed by atoms with van der Waals surface area (Å²) < 4.78 is 28.3. The van der Waals surface area contributed by atoms with Gasteiger partial charge in [0.05, 0.1) is 23.0 Å². The lowest BCUT2D eigenvalue weighted by Gasteiger charge is -2.22. The van der Waals surface area contributed by atoms with Gasteiger partial charge in [-0.05, 0) is 43.7 Å². The number of amides is 1. The monoisotopic (exact) mass is 461 g/mol. The Bertz CT molecular complexity index is 1160. The van der Waals surface area contributed by atoms with Crippen LogP contribution in [-0.2, 0) is 14.8 Å². The quantitative estimate of drug-likeness (QED) is 0.513. The van der Waals surface area contributed by atoms with E-state index in [1.807, 2.05) is 26.0 Å². The number of hydrogen-bond acceptors (Lipinski definition) is 5. The number of hydrogen-bond donors (Lipinski definition) is 0. The van der Waals surface area contributed by atoms with E-state index in [9.17, 15) is 13.2 Å². The molecule has 0 spiro atoms. The summed E-state index contributed by atoms with van der Waals surface area (Å²) >= 11 is 6.29. The minimum Gasteiger partial charge on any atom is -0.308 e. The molecule has 3 rings (SSSR count). The smallest absolute Gasteiger partial charge is 0.242 e. The number of carbonyl (C=O) groups excluding carboxylic acids is 1. The SMILES string of the molecule is CCN(C(=O)CCN(C)S(=O)(=O)c1cccc(C)c1)c1cn(-c2cccnc2)nc1Cl. The molecule has 0 saturated heterocycles. The van der Waals surface area contributed by atoms with Crippen molar-refractivity contribution in [3.63, 3.8) is 0 Å². The summed E-state index contributed by atoms with van der Waals surface area (Å²) in [6.45, 7) is 4.06. The van der Waals surface area contributed by atoms with Crippen molar-refractivity contribution in [2.45, 2.75) is 25.2 Å². The van der Waals surface area contributed by atoms with Crippen molar-refractivity contribution in [3.05, 3.63) is 65.7 Å². The summed E-state index contributed by atoms with van der Waals surface area (Å²) in [6.07, 6.45) is 4.95. The molecule has 0 radical (unpaired) electrons. The van der Waals surface area contributed by atoms with E-state index in [4.69, 9.17) is 11.6 Å². The first-order valence-corrected chi connectivity index (χ1v) is 11.5. The fraction of sp³-hybridized carbons (Fsp3) is 0.286. The number of rotatable bonds is 8. The lowest BCUT2D eigenvalue weighted by Crippen LogP contribution is -2.35. The van der Waals surface area contributed by atoms with E-state index in [-0.39, 0.29) is 28.9 Å². The molecule has 0 bridgehead atoms. The molecule has 0 N–H and O–H groups in total. The third-order valence-corrected chi connectivity index (χ3v) is 6.93. The van der Waals surface area contributed by atoms with Gasteiger partial charge in [-0.15, -0.1) is 0 Å². The maximum atomic E-state index is 12.9. The Kier molecular flexibility index (Phi) is 7.09. The fourth-order valence-electron chi connectivity index (χ4n) is 3.09. The zero-order valence-electron chi connectivity index (χ0n) is 17.6. The molecule has 2 aromatic heterocycles. The first kappa shape index (κ1) is 22.9. The Hall–Kier alpha value is -2.75. The molecule has 0 unspecified atom stereocenters. The number of sulfonamides is 1. The van der Waals surface area contributed by atoms with Crippen LogP contribution in [0.2, 0.25) is 5.15 Å². The lowest BCUT2D eigenvalue weighted by atomic mass is 10.2. The summed E-state index contributed by atoms with van der Waals surface area (Å²) in [6, 6.07) is 10.3. The Labute approximate surface area is 187 Å². The molecule has 0 saturated carbocycles. The van der Waals surface area contributed by atoms with Gasteiger partial charge < -0.3 is 4.90 Å². The number of aryl methyl sites for hydroxylation is 1. The Morgan fingerprint density at radius 1 is 1.23 bits per heavy atom. The zero-order chi connectivity index (χ0) is 22.6. The third kappa shape index (κ3) is 5.12. The molecule has 0 aliphatic heterocycles. The number of aromatic nitrogens is 3. The van der Waals surface area contributed by atoms with Gasteiger partial charge in [-0.25, -0.2) is 17.4 Å². The van der Waals surface area contributed by atoms with Crippen LogP contribution in [0.5, 0.6) is 0 Å². The molecular weight excluding hydrogens is 438 g/mol. The van der Waals surface area contributed by atoms with Crippen LogP contribution in [0.15, 0.2) is 59.9 Å². The van der Waals surface area contributed by atoms with Crippen LogP contribution in [-0.4, -0.2) is 53.5 Å². The number of benzene rings is 1. The predicted octanol–water partition coefficient (Wildman–Crippen LogP) is 3.29. The predicted molar refractivity (Wildman–Crippen MR) is 120 cm³/mol. The summed E-state index contributed by atoms with van der Waals surface area (Å²) in [5, 5.41) is 4.44. The Morgan fingerprint density at radius 2 is 2.00 bits per heavy atom. The first-order valence-electron chi connectivity index (χ1n) is 9.73. The van der Waals surface area contributed by atoms with E-state index in [1.165, 1.54) is 16.3 Å². The van der Waals surface area contributed by atoms with Gasteiger partial charge in [-0.1, -0.05) is 23.7 Å². The van der Waals surface area contributed by atoms with E-state index < -0.39 is 10.0 Å². The van der Waals surface area contributed by atoms with Gasteiger partial charge in [0.1, 0.15) is 5.69 Å². The zero-order valence-corrected chi connectivity index (χ0v) is 19.1. The van der Waals surface area contributed by atoms with Gasteiger partial charge in [0, 0.05) is 32.8 Å². The van der Waals surface area contributed by atoms with Gasteiger partial charge in [0.25, 0.3) is 0 Å². The summed E-state index contributed by atoms with van der Waals surface area (Å²) in [5.74, 6) is -0.249. The summed E-state index contributed by atoms with van der Waals surface area (Å²) in [5.41, 5.74) is 2.02. The van der Waals surface area contributed by atoms with Crippen molar-refractivity contribution in [2.24, 2.45) is 0 Å². The molecule has 2 heterocycles. The van der Waals surface area contributed by atoms with Crippen molar-refractivity contribution >= 4 is 33.2 Å². The highest BCUT2D eigenvalue weighted by molar-refractivity contribution is 7.89. The van der Waals surface area contributed by atoms with Gasteiger partial charge in [0.2, 0.25) is 15.9 Å². The molecule has 0 atom stereocenters. The number of anilines is 1. The molecule has 3 aromatic rings. The van der Waals surface area contributed by atoms with Crippen LogP contribution in [0.25, 0.3) is 5.69 Å². The second-order valence-corrected chi connectivity index (χ2v) is 9.39. The average molecular weight is 462 g/mol. The molecule has 31 heavy (non-hydrogen) atoms. The van der Waals surface area contributed by atoms with Crippen molar-refractivity contribution in [3.8, 4) is 5.69 Å². The molecule has 164 valence electrons. The van der Waals surface area contributed by atoms with Crippen molar-refractivity contribution in [1.29, 1.82) is 0 Å². The maximum absolute atomic E-state index is 12.9. The van der Waals surface area contributed by atoms with Crippen LogP contribution in [0.4, 0.5) is 5.69 Å². The van der Waals surface area contributed by atoms with Gasteiger partial charge in [-0.2, -0.15) is 5.10 Å². The minimum atomic E-state index is -3.68. The Balaban J connectivity index is 1.73. The molecule has 0 fully saturated rings. The number of pyridine rings is 1. The topological polar surface area (TPSA) is 88.4 Å². The van der Waals surface area contributed by atoms with Crippen molar-refractivity contribution in [2.75, 3.05) is 25.0 Å².